The molecule has 0 aromatic heterocycles. The van der Waals surface area contributed by atoms with Gasteiger partial charge < -0.3 is 10.2 Å². The number of rotatable bonds is 2. The summed E-state index contributed by atoms with van der Waals surface area (Å²) >= 11 is 0. The molecule has 2 fully saturated rings. The summed E-state index contributed by atoms with van der Waals surface area (Å²) in [5, 5.41) is 3.44. The molecule has 114 valence electrons. The highest BCUT2D eigenvalue weighted by atomic mass is 19.1. The fourth-order valence-electron chi connectivity index (χ4n) is 3.76. The summed E-state index contributed by atoms with van der Waals surface area (Å²) < 4.78 is 13.2. The molecule has 2 aliphatic rings. The Morgan fingerprint density at radius 2 is 2.19 bits per heavy atom. The van der Waals surface area contributed by atoms with E-state index in [1.165, 1.54) is 25.0 Å². The number of hydrogen-bond acceptors (Lipinski definition) is 2. The van der Waals surface area contributed by atoms with Crippen molar-refractivity contribution in [3.63, 3.8) is 0 Å². The molecule has 1 N–H and O–H groups in total. The molecule has 1 aromatic carbocycles. The molecule has 2 atom stereocenters. The minimum absolute atomic E-state index is 0.0700. The van der Waals surface area contributed by atoms with E-state index in [2.05, 4.69) is 5.32 Å². The molecular formula is C17H23FN2O. The third-order valence-electron chi connectivity index (χ3n) is 4.86. The number of amides is 1. The van der Waals surface area contributed by atoms with Crippen molar-refractivity contribution in [3.05, 3.63) is 35.1 Å². The zero-order valence-corrected chi connectivity index (χ0v) is 12.6. The number of carbonyl (C=O) groups is 1. The number of carbonyl (C=O) groups excluding carboxylic acids is 1. The average Bonchev–Trinajstić information content (AvgIpc) is 2.97. The second-order valence-corrected chi connectivity index (χ2v) is 6.27. The fourth-order valence-corrected chi connectivity index (χ4v) is 3.76. The van der Waals surface area contributed by atoms with Gasteiger partial charge in [0.05, 0.1) is 0 Å². The van der Waals surface area contributed by atoms with Crippen LogP contribution in [0.2, 0.25) is 0 Å². The number of nitrogens with one attached hydrogen (secondary N) is 1. The van der Waals surface area contributed by atoms with Gasteiger partial charge in [-0.3, -0.25) is 4.79 Å². The summed E-state index contributed by atoms with van der Waals surface area (Å²) in [5.74, 6) is 0.352. The molecule has 0 saturated carbocycles. The van der Waals surface area contributed by atoms with Crippen molar-refractivity contribution >= 4 is 5.91 Å². The highest BCUT2D eigenvalue weighted by Gasteiger charge is 2.35. The van der Waals surface area contributed by atoms with Crippen LogP contribution >= 0.6 is 0 Å². The fraction of sp³-hybridized carbons (Fsp3) is 0.588. The number of likely N-dealkylation sites (tertiary alicyclic amines) is 1. The van der Waals surface area contributed by atoms with Gasteiger partial charge in [-0.15, -0.1) is 0 Å². The van der Waals surface area contributed by atoms with Crippen LogP contribution in [-0.2, 0) is 0 Å². The normalized spacial score (nSPS) is 26.1. The highest BCUT2D eigenvalue weighted by molar-refractivity contribution is 5.96. The molecule has 3 nitrogen and oxygen atoms in total. The second kappa shape index (κ2) is 6.14. The van der Waals surface area contributed by atoms with Crippen LogP contribution in [0.15, 0.2) is 18.2 Å². The molecule has 4 heteroatoms. The SMILES string of the molecule is Cc1cc(F)ccc1C(=O)N1CCCC1C1CCCNC1. The maximum absolute atomic E-state index is 13.2. The van der Waals surface area contributed by atoms with E-state index in [1.807, 2.05) is 11.8 Å². The van der Waals surface area contributed by atoms with Crippen LogP contribution in [0, 0.1) is 18.7 Å². The molecule has 3 rings (SSSR count). The first-order valence-corrected chi connectivity index (χ1v) is 7.94. The number of nitrogens with zero attached hydrogens (tertiary/aromatic N) is 1. The molecule has 2 saturated heterocycles. The van der Waals surface area contributed by atoms with Gasteiger partial charge in [-0.25, -0.2) is 4.39 Å². The largest absolute Gasteiger partial charge is 0.335 e. The van der Waals surface area contributed by atoms with Gasteiger partial charge in [-0.05, 0) is 75.4 Å². The van der Waals surface area contributed by atoms with Crippen LogP contribution in [0.4, 0.5) is 4.39 Å². The van der Waals surface area contributed by atoms with Crippen molar-refractivity contribution in [3.8, 4) is 0 Å². The lowest BCUT2D eigenvalue weighted by molar-refractivity contribution is 0.0670. The van der Waals surface area contributed by atoms with E-state index in [9.17, 15) is 9.18 Å². The van der Waals surface area contributed by atoms with Gasteiger partial charge in [0.15, 0.2) is 0 Å². The van der Waals surface area contributed by atoms with E-state index >= 15 is 0 Å². The first kappa shape index (κ1) is 14.5. The van der Waals surface area contributed by atoms with Crippen molar-refractivity contribution in [2.45, 2.75) is 38.6 Å². The van der Waals surface area contributed by atoms with Crippen molar-refractivity contribution < 1.29 is 9.18 Å². The summed E-state index contributed by atoms with van der Waals surface area (Å²) in [6.07, 6.45) is 4.56. The first-order chi connectivity index (χ1) is 10.2. The zero-order chi connectivity index (χ0) is 14.8. The molecule has 2 aliphatic heterocycles. The topological polar surface area (TPSA) is 32.3 Å². The minimum atomic E-state index is -0.279. The van der Waals surface area contributed by atoms with Crippen LogP contribution in [0.3, 0.4) is 0 Å². The van der Waals surface area contributed by atoms with Crippen LogP contribution in [0.5, 0.6) is 0 Å². The molecule has 21 heavy (non-hydrogen) atoms. The predicted molar refractivity (Wildman–Crippen MR) is 80.8 cm³/mol. The molecule has 2 unspecified atom stereocenters. The Bertz CT molecular complexity index is 526. The predicted octanol–water partition coefficient (Wildman–Crippen LogP) is 2.74. The Morgan fingerprint density at radius 1 is 1.33 bits per heavy atom. The third kappa shape index (κ3) is 2.95. The smallest absolute Gasteiger partial charge is 0.254 e. The minimum Gasteiger partial charge on any atom is -0.335 e. The molecule has 2 heterocycles. The zero-order valence-electron chi connectivity index (χ0n) is 12.6. The van der Waals surface area contributed by atoms with E-state index in [-0.39, 0.29) is 11.7 Å². The molecule has 0 aliphatic carbocycles. The maximum Gasteiger partial charge on any atom is 0.254 e. The summed E-state index contributed by atoms with van der Waals surface area (Å²) in [7, 11) is 0. The van der Waals surface area contributed by atoms with Crippen LogP contribution in [0.25, 0.3) is 0 Å². The van der Waals surface area contributed by atoms with Crippen molar-refractivity contribution in [1.82, 2.24) is 10.2 Å². The van der Waals surface area contributed by atoms with Gasteiger partial charge >= 0.3 is 0 Å². The van der Waals surface area contributed by atoms with E-state index in [1.54, 1.807) is 6.07 Å². The van der Waals surface area contributed by atoms with Crippen LogP contribution in [0.1, 0.15) is 41.6 Å². The summed E-state index contributed by atoms with van der Waals surface area (Å²) in [6.45, 7) is 4.74. The Morgan fingerprint density at radius 3 is 2.90 bits per heavy atom. The summed E-state index contributed by atoms with van der Waals surface area (Å²) in [6, 6.07) is 4.80. The molecule has 0 radical (unpaired) electrons. The number of hydrogen-bond donors (Lipinski definition) is 1. The lowest BCUT2D eigenvalue weighted by Crippen LogP contribution is -2.45. The number of piperidine rings is 1. The van der Waals surface area contributed by atoms with Crippen molar-refractivity contribution in [2.24, 2.45) is 5.92 Å². The Balaban J connectivity index is 1.79. The quantitative estimate of drug-likeness (QED) is 0.908. The third-order valence-corrected chi connectivity index (χ3v) is 4.86. The van der Waals surface area contributed by atoms with Gasteiger partial charge in [0.25, 0.3) is 5.91 Å². The second-order valence-electron chi connectivity index (χ2n) is 6.27. The number of aryl methyl sites for hydroxylation is 1. The number of halogens is 1. The highest BCUT2D eigenvalue weighted by Crippen LogP contribution is 2.30. The van der Waals surface area contributed by atoms with Gasteiger partial charge in [0.1, 0.15) is 5.82 Å². The molecule has 1 aromatic rings. The summed E-state index contributed by atoms with van der Waals surface area (Å²) in [5.41, 5.74) is 1.37. The van der Waals surface area contributed by atoms with Gasteiger partial charge in [-0.2, -0.15) is 0 Å². The van der Waals surface area contributed by atoms with Gasteiger partial charge in [0, 0.05) is 18.2 Å². The Kier molecular flexibility index (Phi) is 4.24. The van der Waals surface area contributed by atoms with E-state index in [0.717, 1.165) is 38.0 Å². The van der Waals surface area contributed by atoms with Crippen LogP contribution < -0.4 is 5.32 Å². The maximum atomic E-state index is 13.2. The van der Waals surface area contributed by atoms with Crippen LogP contribution in [-0.4, -0.2) is 36.5 Å². The molecule has 0 spiro atoms. The summed E-state index contributed by atoms with van der Waals surface area (Å²) in [4.78, 5) is 14.8. The van der Waals surface area contributed by atoms with Gasteiger partial charge in [-0.1, -0.05) is 0 Å². The van der Waals surface area contributed by atoms with E-state index < -0.39 is 0 Å². The lowest BCUT2D eigenvalue weighted by Gasteiger charge is -2.34. The lowest BCUT2D eigenvalue weighted by atomic mass is 9.90. The van der Waals surface area contributed by atoms with Crippen molar-refractivity contribution in [2.75, 3.05) is 19.6 Å². The molecule has 1 amide bonds. The van der Waals surface area contributed by atoms with E-state index in [0.29, 0.717) is 17.5 Å². The van der Waals surface area contributed by atoms with Crippen molar-refractivity contribution in [1.29, 1.82) is 0 Å². The Labute approximate surface area is 125 Å². The standard InChI is InChI=1S/C17H23FN2O/c1-12-10-14(18)6-7-15(12)17(21)20-9-3-5-16(20)13-4-2-8-19-11-13/h6-7,10,13,16,19H,2-5,8-9,11H2,1H3. The first-order valence-electron chi connectivity index (χ1n) is 7.94. The average molecular weight is 290 g/mol. The van der Waals surface area contributed by atoms with Gasteiger partial charge in [0.2, 0.25) is 0 Å². The number of benzene rings is 1. The molecular weight excluding hydrogens is 267 g/mol. The monoisotopic (exact) mass is 290 g/mol. The Hall–Kier alpha value is -1.42. The molecule has 0 bridgehead atoms. The van der Waals surface area contributed by atoms with E-state index in [4.69, 9.17) is 0 Å².